The quantitative estimate of drug-likeness (QED) is 0.583. The van der Waals surface area contributed by atoms with Crippen LogP contribution in [0.5, 0.6) is 0 Å². The number of nitrogens with one attached hydrogen (secondary N) is 1. The molecule has 1 amide bonds. The number of nitriles is 1. The van der Waals surface area contributed by atoms with Crippen molar-refractivity contribution in [1.29, 1.82) is 5.26 Å². The molecule has 1 aromatic carbocycles. The molecule has 9 nitrogen and oxygen atoms in total. The molecule has 1 N–H and O–H groups in total. The summed E-state index contributed by atoms with van der Waals surface area (Å²) in [4.78, 5) is 32.1. The third kappa shape index (κ3) is 4.23. The topological polar surface area (TPSA) is 109 Å². The third-order valence-corrected chi connectivity index (χ3v) is 5.90. The second-order valence-corrected chi connectivity index (χ2v) is 7.99. The molecule has 3 heterocycles. The number of rotatable bonds is 5. The minimum absolute atomic E-state index is 0.0141. The largest absolute Gasteiger partial charge is 0.355 e. The number of piperidine rings is 1. The lowest BCUT2D eigenvalue weighted by molar-refractivity contribution is 0.0962. The normalized spacial score (nSPS) is 13.3. The molecule has 1 aliphatic heterocycles. The van der Waals surface area contributed by atoms with E-state index in [1.54, 1.807) is 11.5 Å². The van der Waals surface area contributed by atoms with Crippen LogP contribution < -0.4 is 15.8 Å². The monoisotopic (exact) mass is 461 g/mol. The van der Waals surface area contributed by atoms with Gasteiger partial charge in [-0.2, -0.15) is 10.4 Å². The number of carbonyl (C=O) groups excluding carboxylic acids is 1. The number of imidazole rings is 1. The second kappa shape index (κ2) is 9.75. The van der Waals surface area contributed by atoms with Gasteiger partial charge in [-0.1, -0.05) is 5.92 Å². The molecule has 1 fully saturated rings. The van der Waals surface area contributed by atoms with E-state index in [9.17, 15) is 19.2 Å². The summed E-state index contributed by atoms with van der Waals surface area (Å²) < 4.78 is 17.8. The predicted molar refractivity (Wildman–Crippen MR) is 125 cm³/mol. The van der Waals surface area contributed by atoms with Gasteiger partial charge in [-0.05, 0) is 38.3 Å². The summed E-state index contributed by atoms with van der Waals surface area (Å²) in [7, 11) is 1.42. The Morgan fingerprint density at radius 2 is 2.03 bits per heavy atom. The van der Waals surface area contributed by atoms with E-state index in [0.29, 0.717) is 17.0 Å². The van der Waals surface area contributed by atoms with E-state index in [1.807, 2.05) is 6.07 Å². The maximum absolute atomic E-state index is 14.9. The first kappa shape index (κ1) is 23.0. The second-order valence-electron chi connectivity index (χ2n) is 7.99. The predicted octanol–water partition coefficient (Wildman–Crippen LogP) is 2.03. The zero-order valence-corrected chi connectivity index (χ0v) is 19.1. The Morgan fingerprint density at radius 3 is 2.71 bits per heavy atom. The number of nitrogens with zero attached hydrogens (tertiary/aromatic N) is 6. The highest BCUT2D eigenvalue weighted by Gasteiger charge is 2.23. The average Bonchev–Trinajstić information content (AvgIpc) is 3.24. The van der Waals surface area contributed by atoms with Crippen LogP contribution >= 0.6 is 0 Å². The van der Waals surface area contributed by atoms with Gasteiger partial charge in [-0.15, -0.1) is 5.92 Å². The van der Waals surface area contributed by atoms with Crippen molar-refractivity contribution in [2.75, 3.05) is 25.0 Å². The molecule has 0 aliphatic carbocycles. The Bertz CT molecular complexity index is 1420. The molecule has 0 unspecified atom stereocenters. The number of halogens is 1. The molecule has 2 aromatic heterocycles. The summed E-state index contributed by atoms with van der Waals surface area (Å²) in [6, 6.07) is 4.27. The van der Waals surface area contributed by atoms with Gasteiger partial charge < -0.3 is 10.2 Å². The summed E-state index contributed by atoms with van der Waals surface area (Å²) in [6.07, 6.45) is 4.73. The summed E-state index contributed by atoms with van der Waals surface area (Å²) >= 11 is 0. The number of hydrogen-bond donors (Lipinski definition) is 1. The van der Waals surface area contributed by atoms with Crippen LogP contribution in [0.25, 0.3) is 11.0 Å². The van der Waals surface area contributed by atoms with E-state index in [-0.39, 0.29) is 29.8 Å². The Hall–Kier alpha value is -4.18. The van der Waals surface area contributed by atoms with Crippen LogP contribution in [0.15, 0.2) is 23.1 Å². The molecule has 0 atom stereocenters. The summed E-state index contributed by atoms with van der Waals surface area (Å²) in [5, 5.41) is 16.1. The Kier molecular flexibility index (Phi) is 6.60. The van der Waals surface area contributed by atoms with Crippen molar-refractivity contribution in [2.24, 2.45) is 0 Å². The van der Waals surface area contributed by atoms with Crippen molar-refractivity contribution >= 4 is 22.9 Å². The molecule has 4 rings (SSSR count). The molecule has 3 aromatic rings. The average molecular weight is 462 g/mol. The molecule has 10 heteroatoms. The van der Waals surface area contributed by atoms with Gasteiger partial charge in [0.15, 0.2) is 0 Å². The first-order chi connectivity index (χ1) is 16.5. The maximum Gasteiger partial charge on any atom is 0.293 e. The molecule has 1 saturated heterocycles. The molecule has 174 valence electrons. The van der Waals surface area contributed by atoms with Gasteiger partial charge in [0.25, 0.3) is 11.5 Å². The Balaban J connectivity index is 1.81. The van der Waals surface area contributed by atoms with Crippen LogP contribution in [-0.4, -0.2) is 45.4 Å². The van der Waals surface area contributed by atoms with Gasteiger partial charge in [0.1, 0.15) is 16.9 Å². The third-order valence-electron chi connectivity index (χ3n) is 5.90. The molecule has 0 radical (unpaired) electrons. The highest BCUT2D eigenvalue weighted by Crippen LogP contribution is 2.23. The van der Waals surface area contributed by atoms with Crippen molar-refractivity contribution in [3.05, 3.63) is 51.2 Å². The maximum atomic E-state index is 14.9. The van der Waals surface area contributed by atoms with Crippen LogP contribution in [0.1, 0.15) is 47.7 Å². The first-order valence-corrected chi connectivity index (χ1v) is 11.0. The standard InChI is InChI=1S/C24H24FN7O2/c1-3-4-10-31-21-20(29-24(31)30-8-6-5-7-9-30)14-28-32(23(21)34)15-18-17(13-26)11-16(12-19(18)25)22(33)27-2/h11-12,14H,5-10,15H2,1-2H3,(H,27,33). The molecular weight excluding hydrogens is 437 g/mol. The lowest BCUT2D eigenvalue weighted by Crippen LogP contribution is -2.32. The smallest absolute Gasteiger partial charge is 0.293 e. The van der Waals surface area contributed by atoms with E-state index in [4.69, 9.17) is 0 Å². The Labute approximate surface area is 195 Å². The van der Waals surface area contributed by atoms with Gasteiger partial charge in [0.2, 0.25) is 5.95 Å². The lowest BCUT2D eigenvalue weighted by Gasteiger charge is -2.27. The first-order valence-electron chi connectivity index (χ1n) is 11.0. The fourth-order valence-electron chi connectivity index (χ4n) is 4.15. The summed E-state index contributed by atoms with van der Waals surface area (Å²) in [6.45, 7) is 3.45. The summed E-state index contributed by atoms with van der Waals surface area (Å²) in [5.74, 6) is 5.27. The van der Waals surface area contributed by atoms with Crippen molar-refractivity contribution < 1.29 is 9.18 Å². The number of aromatic nitrogens is 4. The van der Waals surface area contributed by atoms with Gasteiger partial charge in [-0.3, -0.25) is 14.2 Å². The number of anilines is 1. The van der Waals surface area contributed by atoms with Gasteiger partial charge >= 0.3 is 0 Å². The zero-order chi connectivity index (χ0) is 24.2. The molecular formula is C24H24FN7O2. The van der Waals surface area contributed by atoms with E-state index < -0.39 is 17.3 Å². The lowest BCUT2D eigenvalue weighted by atomic mass is 10.0. The van der Waals surface area contributed by atoms with E-state index >= 15 is 0 Å². The van der Waals surface area contributed by atoms with Crippen molar-refractivity contribution in [3.8, 4) is 17.9 Å². The van der Waals surface area contributed by atoms with Crippen LogP contribution in [0.4, 0.5) is 10.3 Å². The molecule has 1 aliphatic rings. The van der Waals surface area contributed by atoms with Crippen LogP contribution in [-0.2, 0) is 13.1 Å². The van der Waals surface area contributed by atoms with E-state index in [0.717, 1.165) is 43.1 Å². The molecule has 34 heavy (non-hydrogen) atoms. The minimum Gasteiger partial charge on any atom is -0.355 e. The highest BCUT2D eigenvalue weighted by molar-refractivity contribution is 5.94. The van der Waals surface area contributed by atoms with Gasteiger partial charge in [0, 0.05) is 31.3 Å². The number of hydrogen-bond acceptors (Lipinski definition) is 6. The zero-order valence-electron chi connectivity index (χ0n) is 19.1. The minimum atomic E-state index is -0.759. The Morgan fingerprint density at radius 1 is 1.26 bits per heavy atom. The molecule has 0 saturated carbocycles. The number of fused-ring (bicyclic) bond motifs is 1. The van der Waals surface area contributed by atoms with Crippen LogP contribution in [0.2, 0.25) is 0 Å². The number of benzene rings is 1. The van der Waals surface area contributed by atoms with Gasteiger partial charge in [-0.25, -0.2) is 14.1 Å². The fraction of sp³-hybridized carbons (Fsp3) is 0.375. The van der Waals surface area contributed by atoms with Crippen LogP contribution in [0.3, 0.4) is 0 Å². The van der Waals surface area contributed by atoms with Gasteiger partial charge in [0.05, 0.1) is 30.9 Å². The van der Waals surface area contributed by atoms with Crippen molar-refractivity contribution in [1.82, 2.24) is 24.6 Å². The number of carbonyl (C=O) groups is 1. The van der Waals surface area contributed by atoms with E-state index in [2.05, 4.69) is 32.1 Å². The van der Waals surface area contributed by atoms with Crippen LogP contribution in [0, 0.1) is 29.0 Å². The molecule has 0 spiro atoms. The number of amides is 1. The van der Waals surface area contributed by atoms with Crippen molar-refractivity contribution in [3.63, 3.8) is 0 Å². The molecule has 0 bridgehead atoms. The van der Waals surface area contributed by atoms with Crippen molar-refractivity contribution in [2.45, 2.75) is 39.3 Å². The SMILES string of the molecule is CC#CCn1c(N2CCCCC2)nc2cnn(Cc3c(F)cc(C(=O)NC)cc3C#N)c(=O)c21. The fourth-order valence-corrected chi connectivity index (χ4v) is 4.15. The summed E-state index contributed by atoms with van der Waals surface area (Å²) in [5.41, 5.74) is 0.296. The van der Waals surface area contributed by atoms with E-state index in [1.165, 1.54) is 19.3 Å². The highest BCUT2D eigenvalue weighted by atomic mass is 19.1.